The lowest BCUT2D eigenvalue weighted by molar-refractivity contribution is -0.120. The quantitative estimate of drug-likeness (QED) is 0.562. The molecule has 1 amide bonds. The van der Waals surface area contributed by atoms with Crippen LogP contribution >= 0.6 is 22.9 Å². The molecule has 2 aromatic heterocycles. The van der Waals surface area contributed by atoms with Crippen molar-refractivity contribution >= 4 is 44.7 Å². The first-order valence-corrected chi connectivity index (χ1v) is 12.5. The van der Waals surface area contributed by atoms with Gasteiger partial charge in [0.1, 0.15) is 11.9 Å². The Morgan fingerprint density at radius 2 is 2.16 bits per heavy atom. The summed E-state index contributed by atoms with van der Waals surface area (Å²) < 4.78 is 44.3. The largest absolute Gasteiger partial charge is 0.325 e. The first kappa shape index (κ1) is 22.9. The van der Waals surface area contributed by atoms with E-state index in [1.807, 2.05) is 29.2 Å². The van der Waals surface area contributed by atoms with Crippen LogP contribution in [0.15, 0.2) is 42.0 Å². The molecule has 0 unspecified atom stereocenters. The second-order valence-corrected chi connectivity index (χ2v) is 10.5. The lowest BCUT2D eigenvalue weighted by Gasteiger charge is -2.35. The molecule has 0 radical (unpaired) electrons. The third-order valence-electron chi connectivity index (χ3n) is 5.31. The minimum atomic E-state index is -3.89. The van der Waals surface area contributed by atoms with E-state index in [-0.39, 0.29) is 17.1 Å². The molecule has 0 bridgehead atoms. The summed E-state index contributed by atoms with van der Waals surface area (Å²) in [6, 6.07) is 4.18. The lowest BCUT2D eigenvalue weighted by atomic mass is 10.0. The van der Waals surface area contributed by atoms with Crippen LogP contribution in [-0.4, -0.2) is 41.5 Å². The number of carbonyl (C=O) groups is 1. The van der Waals surface area contributed by atoms with Crippen LogP contribution in [0.3, 0.4) is 0 Å². The van der Waals surface area contributed by atoms with Crippen LogP contribution in [0.25, 0.3) is 11.1 Å². The van der Waals surface area contributed by atoms with Gasteiger partial charge < -0.3 is 5.32 Å². The van der Waals surface area contributed by atoms with E-state index in [1.54, 1.807) is 6.20 Å². The monoisotopic (exact) mass is 497 g/mol. The van der Waals surface area contributed by atoms with E-state index in [1.165, 1.54) is 30.5 Å². The summed E-state index contributed by atoms with van der Waals surface area (Å²) in [5, 5.41) is 8.70. The number of hydrogen-bond donors (Lipinski definition) is 2. The lowest BCUT2D eigenvalue weighted by Crippen LogP contribution is -2.55. The number of aryl methyl sites for hydroxylation is 1. The molecule has 2 atom stereocenters. The summed E-state index contributed by atoms with van der Waals surface area (Å²) in [6.45, 7) is 2.75. The molecule has 1 aliphatic rings. The van der Waals surface area contributed by atoms with Gasteiger partial charge in [-0.2, -0.15) is 22.5 Å². The molecule has 0 spiro atoms. The Morgan fingerprint density at radius 3 is 2.84 bits per heavy atom. The summed E-state index contributed by atoms with van der Waals surface area (Å²) >= 11 is 7.19. The Bertz CT molecular complexity index is 1260. The zero-order valence-corrected chi connectivity index (χ0v) is 19.6. The Morgan fingerprint density at radius 1 is 1.38 bits per heavy atom. The van der Waals surface area contributed by atoms with Crippen molar-refractivity contribution in [2.24, 2.45) is 0 Å². The fourth-order valence-corrected chi connectivity index (χ4v) is 5.97. The maximum atomic E-state index is 13.4. The molecule has 1 fully saturated rings. The van der Waals surface area contributed by atoms with Gasteiger partial charge in [0.05, 0.1) is 17.3 Å². The third kappa shape index (κ3) is 4.57. The van der Waals surface area contributed by atoms with Crippen molar-refractivity contribution in [2.75, 3.05) is 12.4 Å². The number of halogens is 2. The topological polar surface area (TPSA) is 96.3 Å². The molecule has 0 saturated carbocycles. The number of thiophene rings is 1. The summed E-state index contributed by atoms with van der Waals surface area (Å²) in [4.78, 5) is 13.7. The minimum Gasteiger partial charge on any atom is -0.325 e. The zero-order valence-electron chi connectivity index (χ0n) is 17.2. The highest BCUT2D eigenvalue weighted by molar-refractivity contribution is 7.87. The van der Waals surface area contributed by atoms with Crippen molar-refractivity contribution in [1.82, 2.24) is 18.8 Å². The average Bonchev–Trinajstić information content (AvgIpc) is 3.42. The average molecular weight is 498 g/mol. The molecule has 8 nitrogen and oxygen atoms in total. The van der Waals surface area contributed by atoms with Gasteiger partial charge >= 0.3 is 0 Å². The van der Waals surface area contributed by atoms with Gasteiger partial charge in [-0.3, -0.25) is 9.48 Å². The van der Waals surface area contributed by atoms with Gasteiger partial charge in [-0.1, -0.05) is 11.6 Å². The van der Waals surface area contributed by atoms with Crippen molar-refractivity contribution in [3.05, 3.63) is 57.8 Å². The molecule has 4 rings (SSSR count). The molecular weight excluding hydrogens is 477 g/mol. The Labute approximate surface area is 194 Å². The minimum absolute atomic E-state index is 0.135. The van der Waals surface area contributed by atoms with E-state index in [9.17, 15) is 17.6 Å². The maximum Gasteiger partial charge on any atom is 0.280 e. The molecular formula is C20H21ClFN5O3S2. The van der Waals surface area contributed by atoms with Crippen LogP contribution in [0, 0.1) is 5.82 Å². The van der Waals surface area contributed by atoms with Gasteiger partial charge in [0.25, 0.3) is 10.2 Å². The van der Waals surface area contributed by atoms with Crippen LogP contribution < -0.4 is 10.0 Å². The first-order chi connectivity index (χ1) is 15.2. The van der Waals surface area contributed by atoms with Gasteiger partial charge in [0.2, 0.25) is 5.91 Å². The highest BCUT2D eigenvalue weighted by atomic mass is 35.5. The van der Waals surface area contributed by atoms with Gasteiger partial charge in [0, 0.05) is 35.9 Å². The van der Waals surface area contributed by atoms with Gasteiger partial charge in [-0.15, -0.1) is 11.3 Å². The number of carbonyl (C=O) groups excluding carboxylic acids is 1. The predicted molar refractivity (Wildman–Crippen MR) is 122 cm³/mol. The highest BCUT2D eigenvalue weighted by Crippen LogP contribution is 2.35. The zero-order chi connectivity index (χ0) is 23.0. The molecule has 12 heteroatoms. The second kappa shape index (κ2) is 8.91. The van der Waals surface area contributed by atoms with Crippen molar-refractivity contribution < 1.29 is 17.6 Å². The van der Waals surface area contributed by atoms with Crippen LogP contribution in [0.2, 0.25) is 5.02 Å². The van der Waals surface area contributed by atoms with E-state index in [2.05, 4.69) is 15.1 Å². The van der Waals surface area contributed by atoms with Gasteiger partial charge in [-0.05, 0) is 48.6 Å². The van der Waals surface area contributed by atoms with Crippen LogP contribution in [-0.2, 0) is 21.5 Å². The molecule has 1 saturated heterocycles. The fraction of sp³-hybridized carbons (Fsp3) is 0.300. The molecule has 2 N–H and O–H groups in total. The number of aromatic nitrogens is 2. The number of anilines is 1. The number of likely N-dealkylation sites (N-methyl/N-ethyl adjacent to an activating group) is 1. The van der Waals surface area contributed by atoms with Crippen LogP contribution in [0.5, 0.6) is 0 Å². The Hall–Kier alpha value is -2.31. The summed E-state index contributed by atoms with van der Waals surface area (Å²) in [7, 11) is -2.54. The van der Waals surface area contributed by atoms with Crippen molar-refractivity contribution in [3.63, 3.8) is 0 Å². The molecule has 32 heavy (non-hydrogen) atoms. The molecule has 170 valence electrons. The van der Waals surface area contributed by atoms with Crippen LogP contribution in [0.1, 0.15) is 24.3 Å². The summed E-state index contributed by atoms with van der Waals surface area (Å²) in [6.07, 6.45) is 3.91. The van der Waals surface area contributed by atoms with Crippen molar-refractivity contribution in [1.29, 1.82) is 0 Å². The maximum absolute atomic E-state index is 13.4. The smallest absolute Gasteiger partial charge is 0.280 e. The Kier molecular flexibility index (Phi) is 6.37. The number of nitrogens with zero attached hydrogens (tertiary/aromatic N) is 3. The number of benzene rings is 1. The van der Waals surface area contributed by atoms with Crippen molar-refractivity contribution in [3.8, 4) is 11.1 Å². The first-order valence-electron chi connectivity index (χ1n) is 9.80. The van der Waals surface area contributed by atoms with E-state index in [4.69, 9.17) is 11.6 Å². The fourth-order valence-electron chi connectivity index (χ4n) is 3.47. The van der Waals surface area contributed by atoms with E-state index >= 15 is 0 Å². The third-order valence-corrected chi connectivity index (χ3v) is 8.24. The summed E-state index contributed by atoms with van der Waals surface area (Å²) in [5.41, 5.74) is 2.16. The number of rotatable bonds is 5. The highest BCUT2D eigenvalue weighted by Gasteiger charge is 2.41. The Balaban J connectivity index is 1.56. The van der Waals surface area contributed by atoms with E-state index in [0.717, 1.165) is 32.9 Å². The molecule has 1 aromatic carbocycles. The number of amides is 1. The number of hydrogen-bond acceptors (Lipinski definition) is 5. The second-order valence-electron chi connectivity index (χ2n) is 7.38. The molecule has 0 aliphatic carbocycles. The molecule has 3 aromatic rings. The summed E-state index contributed by atoms with van der Waals surface area (Å²) in [5.74, 6) is -1.13. The van der Waals surface area contributed by atoms with Gasteiger partial charge in [0.15, 0.2) is 0 Å². The normalized spacial score (nSPS) is 20.9. The van der Waals surface area contributed by atoms with Crippen LogP contribution in [0.4, 0.5) is 10.1 Å². The van der Waals surface area contributed by atoms with Gasteiger partial charge in [-0.25, -0.2) is 4.39 Å². The predicted octanol–water partition coefficient (Wildman–Crippen LogP) is 3.64. The van der Waals surface area contributed by atoms with E-state index in [0.29, 0.717) is 0 Å². The molecule has 1 aliphatic heterocycles. The number of nitrogens with one attached hydrogen (secondary N) is 2. The molecule has 3 heterocycles. The standard InChI is InChI=1S/C20H21ClFN5O3S2/c1-3-27-10-13(9-23-27)12-6-19(31-11-12)17-8-18(26(2)32(29,30)25-17)20(28)24-14-4-5-16(22)15(21)7-14/h4-7,9-11,17-18,25H,3,8H2,1-2H3,(H,24,28)/t17-,18+/m1/s1. The van der Waals surface area contributed by atoms with Crippen molar-refractivity contribution in [2.45, 2.75) is 32.0 Å². The van der Waals surface area contributed by atoms with E-state index < -0.39 is 34.0 Å². The SMILES string of the molecule is CCn1cc(-c2csc([C@H]3C[C@@H](C(=O)Nc4ccc(F)c(Cl)c4)N(C)S(=O)(=O)N3)c2)cn1.